The van der Waals surface area contributed by atoms with E-state index < -0.39 is 0 Å². The van der Waals surface area contributed by atoms with Gasteiger partial charge in [-0.3, -0.25) is 4.99 Å². The van der Waals surface area contributed by atoms with Gasteiger partial charge in [0.1, 0.15) is 0 Å². The highest BCUT2D eigenvalue weighted by Crippen LogP contribution is 2.26. The van der Waals surface area contributed by atoms with Gasteiger partial charge in [-0.25, -0.2) is 5.43 Å². The van der Waals surface area contributed by atoms with Gasteiger partial charge >= 0.3 is 0 Å². The fraction of sp³-hybridized carbons (Fsp3) is 0.733. The minimum atomic E-state index is 0.147. The number of hydrogen-bond acceptors (Lipinski definition) is 4. The van der Waals surface area contributed by atoms with Crippen molar-refractivity contribution in [1.29, 1.82) is 0 Å². The average Bonchev–Trinajstić information content (AvgIpc) is 3.17. The normalized spacial score (nSPS) is 20.9. The van der Waals surface area contributed by atoms with Crippen molar-refractivity contribution in [3.63, 3.8) is 0 Å². The van der Waals surface area contributed by atoms with Gasteiger partial charge in [-0.2, -0.15) is 0 Å². The van der Waals surface area contributed by atoms with Crippen LogP contribution in [-0.4, -0.2) is 53.6 Å². The summed E-state index contributed by atoms with van der Waals surface area (Å²) in [6, 6.07) is 0.801. The number of thiocarbonyl (C=S) groups is 1. The Bertz CT molecular complexity index is 410. The number of likely N-dealkylation sites (tertiary alicyclic amines) is 1. The number of aliphatic imine (C=N–C) groups is 1. The summed E-state index contributed by atoms with van der Waals surface area (Å²) in [6.07, 6.45) is 8.92. The van der Waals surface area contributed by atoms with Crippen LogP contribution in [0.1, 0.15) is 39.5 Å². The first kappa shape index (κ1) is 16.2. The third-order valence-electron chi connectivity index (χ3n) is 4.08. The zero-order valence-corrected chi connectivity index (χ0v) is 14.1. The molecule has 0 aromatic heterocycles. The molecule has 0 radical (unpaired) electrons. The van der Waals surface area contributed by atoms with Crippen LogP contribution in [0.25, 0.3) is 0 Å². The van der Waals surface area contributed by atoms with Crippen LogP contribution in [0.5, 0.6) is 0 Å². The van der Waals surface area contributed by atoms with Gasteiger partial charge < -0.3 is 15.2 Å². The molecular formula is C15H27N5S. The van der Waals surface area contributed by atoms with Crippen molar-refractivity contribution in [2.45, 2.75) is 51.6 Å². The summed E-state index contributed by atoms with van der Waals surface area (Å²) in [6.45, 7) is 6.34. The number of nitrogens with one attached hydrogen (secondary N) is 2. The van der Waals surface area contributed by atoms with Crippen molar-refractivity contribution in [3.05, 3.63) is 11.8 Å². The molecule has 6 heteroatoms. The van der Waals surface area contributed by atoms with Crippen LogP contribution in [0.2, 0.25) is 0 Å². The first-order chi connectivity index (χ1) is 10.1. The summed E-state index contributed by atoms with van der Waals surface area (Å²) in [5.74, 6) is 0. The number of nitrogens with zero attached hydrogens (tertiary/aromatic N) is 3. The molecule has 2 fully saturated rings. The van der Waals surface area contributed by atoms with Gasteiger partial charge in [0.25, 0.3) is 0 Å². The molecule has 2 rings (SSSR count). The second kappa shape index (κ2) is 7.75. The van der Waals surface area contributed by atoms with Crippen LogP contribution in [0.15, 0.2) is 16.8 Å². The minimum Gasteiger partial charge on any atom is -0.349 e. The third kappa shape index (κ3) is 4.97. The molecule has 1 saturated heterocycles. The van der Waals surface area contributed by atoms with Crippen LogP contribution in [0, 0.1) is 0 Å². The second-order valence-corrected chi connectivity index (χ2v) is 6.22. The van der Waals surface area contributed by atoms with Gasteiger partial charge in [0.05, 0.1) is 12.4 Å². The van der Waals surface area contributed by atoms with E-state index in [1.807, 2.05) is 7.05 Å². The molecule has 1 saturated carbocycles. The zero-order chi connectivity index (χ0) is 15.2. The van der Waals surface area contributed by atoms with Gasteiger partial charge in [0.15, 0.2) is 5.11 Å². The Hall–Kier alpha value is -1.14. The molecule has 1 aliphatic carbocycles. The minimum absolute atomic E-state index is 0.147. The summed E-state index contributed by atoms with van der Waals surface area (Å²) < 4.78 is 0. The largest absolute Gasteiger partial charge is 0.349 e. The summed E-state index contributed by atoms with van der Waals surface area (Å²) in [7, 11) is 1.96. The second-order valence-electron chi connectivity index (χ2n) is 5.83. The molecule has 0 aromatic carbocycles. The van der Waals surface area contributed by atoms with Crippen LogP contribution in [0.4, 0.5) is 0 Å². The van der Waals surface area contributed by atoms with Crippen molar-refractivity contribution in [1.82, 2.24) is 20.7 Å². The molecule has 0 bridgehead atoms. The van der Waals surface area contributed by atoms with Crippen LogP contribution in [-0.2, 0) is 0 Å². The Balaban J connectivity index is 1.78. The molecule has 1 atom stereocenters. The molecule has 21 heavy (non-hydrogen) atoms. The van der Waals surface area contributed by atoms with Gasteiger partial charge in [0, 0.05) is 32.4 Å². The van der Waals surface area contributed by atoms with E-state index in [9.17, 15) is 0 Å². The van der Waals surface area contributed by atoms with Crippen molar-refractivity contribution in [2.24, 2.45) is 4.99 Å². The Morgan fingerprint density at radius 2 is 2.05 bits per heavy atom. The lowest BCUT2D eigenvalue weighted by molar-refractivity contribution is 0.285. The van der Waals surface area contributed by atoms with Gasteiger partial charge in [-0.1, -0.05) is 0 Å². The van der Waals surface area contributed by atoms with Crippen molar-refractivity contribution in [2.75, 3.05) is 20.1 Å². The Labute approximate surface area is 133 Å². The lowest BCUT2D eigenvalue weighted by atomic mass is 10.2. The topological polar surface area (TPSA) is 42.9 Å². The Kier molecular flexibility index (Phi) is 5.99. The summed E-state index contributed by atoms with van der Waals surface area (Å²) in [5, 5.41) is 6.10. The van der Waals surface area contributed by atoms with E-state index in [0.29, 0.717) is 6.04 Å². The molecule has 0 amide bonds. The Morgan fingerprint density at radius 3 is 2.62 bits per heavy atom. The van der Waals surface area contributed by atoms with E-state index in [2.05, 4.69) is 45.7 Å². The molecule has 1 aliphatic heterocycles. The van der Waals surface area contributed by atoms with Crippen LogP contribution >= 0.6 is 12.2 Å². The lowest BCUT2D eigenvalue weighted by Crippen LogP contribution is -2.37. The molecule has 118 valence electrons. The SMILES string of the molecule is CNN(C=C(C)[C@@H](C)N=CNC(=S)N1CCCC1)C1CC1. The van der Waals surface area contributed by atoms with Gasteiger partial charge in [-0.05, 0) is 57.3 Å². The fourth-order valence-corrected chi connectivity index (χ4v) is 2.60. The van der Waals surface area contributed by atoms with E-state index in [1.165, 1.54) is 31.3 Å². The summed E-state index contributed by atoms with van der Waals surface area (Å²) in [4.78, 5) is 6.73. The molecule has 5 nitrogen and oxygen atoms in total. The number of rotatable bonds is 6. The summed E-state index contributed by atoms with van der Waals surface area (Å²) >= 11 is 5.35. The number of hydrogen-bond donors (Lipinski definition) is 2. The molecule has 0 spiro atoms. The van der Waals surface area contributed by atoms with Crippen molar-refractivity contribution < 1.29 is 0 Å². The molecule has 1 heterocycles. The van der Waals surface area contributed by atoms with E-state index >= 15 is 0 Å². The van der Waals surface area contributed by atoms with Crippen LogP contribution < -0.4 is 10.7 Å². The van der Waals surface area contributed by atoms with E-state index in [4.69, 9.17) is 12.2 Å². The maximum atomic E-state index is 5.35. The summed E-state index contributed by atoms with van der Waals surface area (Å²) in [5.41, 5.74) is 4.46. The predicted octanol–water partition coefficient (Wildman–Crippen LogP) is 1.88. The molecule has 2 N–H and O–H groups in total. The standard InChI is InChI=1S/C15H27N5S/c1-12(10-20(16-3)14-6-7-14)13(2)17-11-18-15(21)19-8-4-5-9-19/h10-11,13-14,16H,4-9H2,1-3H3,(H,17,18,21)/t13-/m1/s1. The zero-order valence-electron chi connectivity index (χ0n) is 13.3. The third-order valence-corrected chi connectivity index (χ3v) is 4.46. The average molecular weight is 309 g/mol. The van der Waals surface area contributed by atoms with Gasteiger partial charge in [0.2, 0.25) is 0 Å². The smallest absolute Gasteiger partial charge is 0.174 e. The highest BCUT2D eigenvalue weighted by atomic mass is 32.1. The monoisotopic (exact) mass is 309 g/mol. The molecule has 0 unspecified atom stereocenters. The first-order valence-electron chi connectivity index (χ1n) is 7.83. The maximum absolute atomic E-state index is 5.35. The maximum Gasteiger partial charge on any atom is 0.174 e. The van der Waals surface area contributed by atoms with E-state index in [-0.39, 0.29) is 6.04 Å². The van der Waals surface area contributed by atoms with Crippen molar-refractivity contribution >= 4 is 23.7 Å². The number of hydrazine groups is 1. The molecule has 0 aromatic rings. The Morgan fingerprint density at radius 1 is 1.38 bits per heavy atom. The molecule has 2 aliphatic rings. The van der Waals surface area contributed by atoms with Crippen molar-refractivity contribution in [3.8, 4) is 0 Å². The fourth-order valence-electron chi connectivity index (χ4n) is 2.37. The first-order valence-corrected chi connectivity index (χ1v) is 8.23. The quantitative estimate of drug-likeness (QED) is 0.339. The van der Waals surface area contributed by atoms with E-state index in [0.717, 1.165) is 18.2 Å². The highest BCUT2D eigenvalue weighted by Gasteiger charge is 2.26. The predicted molar refractivity (Wildman–Crippen MR) is 92.2 cm³/mol. The van der Waals surface area contributed by atoms with Gasteiger partial charge in [-0.15, -0.1) is 0 Å². The molecular weight excluding hydrogens is 282 g/mol. The van der Waals surface area contributed by atoms with Crippen LogP contribution in [0.3, 0.4) is 0 Å². The van der Waals surface area contributed by atoms with E-state index in [1.54, 1.807) is 6.34 Å². The lowest BCUT2D eigenvalue weighted by Gasteiger charge is -2.21. The highest BCUT2D eigenvalue weighted by molar-refractivity contribution is 7.80.